The predicted molar refractivity (Wildman–Crippen MR) is 144 cm³/mol. The second-order valence-corrected chi connectivity index (χ2v) is 14.8. The van der Waals surface area contributed by atoms with Crippen LogP contribution in [0.25, 0.3) is 0 Å². The molecule has 0 aromatic heterocycles. The van der Waals surface area contributed by atoms with Crippen molar-refractivity contribution >= 4 is 5.97 Å². The fraction of sp³-hybridized carbons (Fsp3) is 0.906. The smallest absolute Gasteiger partial charge is 0.302 e. The lowest BCUT2D eigenvalue weighted by molar-refractivity contribution is -0.192. The summed E-state index contributed by atoms with van der Waals surface area (Å²) >= 11 is 0. The van der Waals surface area contributed by atoms with Gasteiger partial charge in [0, 0.05) is 17.8 Å². The molecular formula is C32H52O5. The van der Waals surface area contributed by atoms with Crippen LogP contribution in [0.2, 0.25) is 0 Å². The molecule has 5 aliphatic rings. The number of esters is 1. The summed E-state index contributed by atoms with van der Waals surface area (Å²) in [5.74, 6) is 3.16. The van der Waals surface area contributed by atoms with Gasteiger partial charge in [0.05, 0.1) is 18.8 Å². The third-order valence-electron chi connectivity index (χ3n) is 13.2. The van der Waals surface area contributed by atoms with E-state index in [0.29, 0.717) is 54.3 Å². The molecule has 5 aliphatic carbocycles. The number of hydrogen-bond donors (Lipinski definition) is 3. The van der Waals surface area contributed by atoms with E-state index in [9.17, 15) is 20.1 Å². The molecule has 13 unspecified atom stereocenters. The molecule has 0 amide bonds. The van der Waals surface area contributed by atoms with Crippen molar-refractivity contribution in [3.05, 3.63) is 11.6 Å². The van der Waals surface area contributed by atoms with Gasteiger partial charge >= 0.3 is 5.97 Å². The number of carbonyl (C=O) groups is 1. The molecule has 0 aromatic carbocycles. The molecule has 0 heterocycles. The van der Waals surface area contributed by atoms with Crippen molar-refractivity contribution in [2.24, 2.45) is 63.6 Å². The molecule has 0 aliphatic heterocycles. The summed E-state index contributed by atoms with van der Waals surface area (Å²) in [4.78, 5) is 12.5. The third kappa shape index (κ3) is 3.99. The first-order chi connectivity index (χ1) is 17.3. The zero-order chi connectivity index (χ0) is 27.1. The van der Waals surface area contributed by atoms with E-state index >= 15 is 0 Å². The van der Waals surface area contributed by atoms with Crippen LogP contribution in [0, 0.1) is 63.6 Å². The minimum atomic E-state index is -0.575. The first-order valence-electron chi connectivity index (χ1n) is 15.2. The van der Waals surface area contributed by atoms with Gasteiger partial charge in [0.1, 0.15) is 6.10 Å². The third-order valence-corrected chi connectivity index (χ3v) is 13.2. The summed E-state index contributed by atoms with van der Waals surface area (Å²) in [6, 6.07) is 0. The zero-order valence-electron chi connectivity index (χ0n) is 24.2. The van der Waals surface area contributed by atoms with Gasteiger partial charge in [-0.25, -0.2) is 0 Å². The van der Waals surface area contributed by atoms with Crippen molar-refractivity contribution in [3.8, 4) is 0 Å². The second kappa shape index (κ2) is 9.34. The molecular weight excluding hydrogens is 464 g/mol. The van der Waals surface area contributed by atoms with Crippen LogP contribution in [0.15, 0.2) is 11.6 Å². The van der Waals surface area contributed by atoms with Gasteiger partial charge in [-0.1, -0.05) is 53.2 Å². The van der Waals surface area contributed by atoms with Gasteiger partial charge in [0.15, 0.2) is 0 Å². The molecule has 210 valence electrons. The van der Waals surface area contributed by atoms with E-state index in [4.69, 9.17) is 4.74 Å². The summed E-state index contributed by atoms with van der Waals surface area (Å²) in [5.41, 5.74) is 0.789. The van der Waals surface area contributed by atoms with Gasteiger partial charge in [0.2, 0.25) is 0 Å². The van der Waals surface area contributed by atoms with Gasteiger partial charge in [-0.3, -0.25) is 4.79 Å². The normalized spacial score (nSPS) is 50.4. The summed E-state index contributed by atoms with van der Waals surface area (Å²) in [6.45, 7) is 16.0. The van der Waals surface area contributed by atoms with Crippen LogP contribution in [0.3, 0.4) is 0 Å². The highest BCUT2D eigenvalue weighted by molar-refractivity contribution is 5.66. The molecule has 3 N–H and O–H groups in total. The maximum absolute atomic E-state index is 12.5. The molecule has 0 aromatic rings. The Kier molecular flexibility index (Phi) is 6.98. The summed E-state index contributed by atoms with van der Waals surface area (Å²) < 4.78 is 6.23. The van der Waals surface area contributed by atoms with Gasteiger partial charge in [-0.2, -0.15) is 0 Å². The van der Waals surface area contributed by atoms with Crippen LogP contribution in [-0.2, 0) is 9.53 Å². The highest BCUT2D eigenvalue weighted by Crippen LogP contribution is 2.71. The largest absolute Gasteiger partial charge is 0.462 e. The van der Waals surface area contributed by atoms with Gasteiger partial charge in [-0.15, -0.1) is 0 Å². The van der Waals surface area contributed by atoms with E-state index in [1.807, 2.05) is 6.08 Å². The first-order valence-corrected chi connectivity index (χ1v) is 15.2. The maximum Gasteiger partial charge on any atom is 0.302 e. The number of fused-ring (bicyclic) bond motifs is 5. The van der Waals surface area contributed by atoms with Crippen LogP contribution in [0.1, 0.15) is 93.4 Å². The Labute approximate surface area is 224 Å². The molecule has 5 rings (SSSR count). The fourth-order valence-electron chi connectivity index (χ4n) is 10.7. The van der Waals surface area contributed by atoms with E-state index in [1.165, 1.54) is 13.3 Å². The molecule has 37 heavy (non-hydrogen) atoms. The van der Waals surface area contributed by atoms with E-state index in [2.05, 4.69) is 41.5 Å². The van der Waals surface area contributed by atoms with Crippen LogP contribution < -0.4 is 0 Å². The van der Waals surface area contributed by atoms with Crippen LogP contribution >= 0.6 is 0 Å². The number of hydrogen-bond acceptors (Lipinski definition) is 5. The average Bonchev–Trinajstić information content (AvgIpc) is 3.40. The summed E-state index contributed by atoms with van der Waals surface area (Å²) in [5, 5.41) is 32.8. The van der Waals surface area contributed by atoms with Gasteiger partial charge < -0.3 is 20.1 Å². The Bertz CT molecular complexity index is 928. The van der Waals surface area contributed by atoms with Crippen molar-refractivity contribution in [3.63, 3.8) is 0 Å². The van der Waals surface area contributed by atoms with E-state index in [0.717, 1.165) is 24.8 Å². The maximum atomic E-state index is 12.5. The molecule has 5 heteroatoms. The highest BCUT2D eigenvalue weighted by atomic mass is 16.5. The predicted octanol–water partition coefficient (Wildman–Crippen LogP) is 5.37. The first kappa shape index (κ1) is 27.6. The zero-order valence-corrected chi connectivity index (χ0v) is 24.2. The van der Waals surface area contributed by atoms with Crippen molar-refractivity contribution in [2.75, 3.05) is 6.61 Å². The van der Waals surface area contributed by atoms with Crippen LogP contribution in [-0.4, -0.2) is 46.2 Å². The number of aliphatic hydroxyl groups excluding tert-OH is 3. The summed E-state index contributed by atoms with van der Waals surface area (Å²) in [6.07, 6.45) is 6.84. The number of rotatable bonds is 6. The minimum Gasteiger partial charge on any atom is -0.462 e. The lowest BCUT2D eigenvalue weighted by atomic mass is 9.45. The van der Waals surface area contributed by atoms with Gasteiger partial charge in [-0.05, 0) is 97.7 Å². The Morgan fingerprint density at radius 1 is 1.08 bits per heavy atom. The lowest BCUT2D eigenvalue weighted by Crippen LogP contribution is -2.61. The Morgan fingerprint density at radius 3 is 2.41 bits per heavy atom. The van der Waals surface area contributed by atoms with Crippen molar-refractivity contribution < 1.29 is 24.9 Å². The van der Waals surface area contributed by atoms with Crippen molar-refractivity contribution in [1.82, 2.24) is 0 Å². The number of aliphatic hydroxyl groups is 3. The Hall–Kier alpha value is -0.910. The van der Waals surface area contributed by atoms with Crippen molar-refractivity contribution in [1.29, 1.82) is 0 Å². The van der Waals surface area contributed by atoms with E-state index < -0.39 is 17.6 Å². The monoisotopic (exact) mass is 516 g/mol. The molecule has 0 radical (unpaired) electrons. The molecule has 13 atom stereocenters. The molecule has 0 bridgehead atoms. The lowest BCUT2D eigenvalue weighted by Gasteiger charge is -2.61. The fourth-order valence-corrected chi connectivity index (χ4v) is 10.7. The van der Waals surface area contributed by atoms with Gasteiger partial charge in [0.25, 0.3) is 0 Å². The quantitative estimate of drug-likeness (QED) is 0.327. The molecule has 4 saturated carbocycles. The van der Waals surface area contributed by atoms with E-state index in [-0.39, 0.29) is 41.8 Å². The highest BCUT2D eigenvalue weighted by Gasteiger charge is 2.68. The molecule has 0 saturated heterocycles. The van der Waals surface area contributed by atoms with Crippen LogP contribution in [0.4, 0.5) is 0 Å². The Balaban J connectivity index is 1.51. The standard InChI is InChI=1S/C32H52O5/c1-17(2)19(4)30(6)15-26(30)18(3)23-8-9-24-29-25(14-28(31(23,24)7)37-20(5)34)32(16-33)11-10-22(35)12-21(32)13-27(29)36/h13,17-19,22-29,33,35-36H,8-12,14-16H2,1-7H3. The SMILES string of the molecule is CC(=O)OC1CC2C(C(O)C=C3CC(O)CCC32CO)C2CCC(C(C)C3CC3(C)C(C)C(C)C)C12C. The van der Waals surface area contributed by atoms with Crippen LogP contribution in [0.5, 0.6) is 0 Å². The Morgan fingerprint density at radius 2 is 1.78 bits per heavy atom. The minimum absolute atomic E-state index is 0.0308. The van der Waals surface area contributed by atoms with Crippen molar-refractivity contribution in [2.45, 2.75) is 112 Å². The second-order valence-electron chi connectivity index (χ2n) is 14.8. The number of ether oxygens (including phenoxy) is 1. The molecule has 5 nitrogen and oxygen atoms in total. The molecule has 0 spiro atoms. The van der Waals surface area contributed by atoms with E-state index in [1.54, 1.807) is 0 Å². The average molecular weight is 517 g/mol. The topological polar surface area (TPSA) is 87.0 Å². The summed E-state index contributed by atoms with van der Waals surface area (Å²) in [7, 11) is 0. The number of carbonyl (C=O) groups excluding carboxylic acids is 1. The molecule has 4 fully saturated rings.